The Hall–Kier alpha value is -6.46. The number of benzene rings is 6. The molecule has 10 rings (SSSR count). The Morgan fingerprint density at radius 1 is 0.580 bits per heavy atom. The summed E-state index contributed by atoms with van der Waals surface area (Å²) in [5, 5.41) is 4.64. The predicted octanol–water partition coefficient (Wildman–Crippen LogP) is 10.3. The second kappa shape index (κ2) is 11.6. The van der Waals surface area contributed by atoms with Crippen molar-refractivity contribution in [2.24, 2.45) is 9.98 Å². The van der Waals surface area contributed by atoms with Crippen LogP contribution in [0.3, 0.4) is 0 Å². The highest BCUT2D eigenvalue weighted by molar-refractivity contribution is 6.15. The normalized spacial score (nSPS) is 17.8. The van der Waals surface area contributed by atoms with Gasteiger partial charge in [0, 0.05) is 39.4 Å². The van der Waals surface area contributed by atoms with E-state index in [0.717, 1.165) is 50.8 Å². The molecule has 2 atom stereocenters. The Bertz CT molecular complexity index is 2410. The van der Waals surface area contributed by atoms with Crippen molar-refractivity contribution in [3.8, 4) is 11.1 Å². The van der Waals surface area contributed by atoms with Crippen LogP contribution in [0.2, 0.25) is 0 Å². The van der Waals surface area contributed by atoms with Crippen LogP contribution in [0.1, 0.15) is 45.7 Å². The molecule has 6 aromatic carbocycles. The molecule has 0 saturated heterocycles. The molecule has 1 aromatic heterocycles. The molecule has 1 N–H and O–H groups in total. The maximum absolute atomic E-state index is 6.50. The summed E-state index contributed by atoms with van der Waals surface area (Å²) in [5.74, 6) is 2.74. The largest absolute Gasteiger partial charge is 0.456 e. The zero-order chi connectivity index (χ0) is 33.0. The molecule has 0 radical (unpaired) electrons. The molecule has 238 valence electrons. The Morgan fingerprint density at radius 2 is 1.20 bits per heavy atom. The number of para-hydroxylation sites is 2. The average molecular weight is 645 g/mol. The molecule has 1 aliphatic carbocycles. The van der Waals surface area contributed by atoms with Crippen molar-refractivity contribution >= 4 is 40.1 Å². The number of rotatable bonds is 5. The third-order valence-electron chi connectivity index (χ3n) is 10.1. The van der Waals surface area contributed by atoms with Crippen LogP contribution >= 0.6 is 0 Å². The van der Waals surface area contributed by atoms with Crippen LogP contribution in [-0.2, 0) is 0 Å². The number of nitrogens with zero attached hydrogens (tertiary/aromatic N) is 3. The van der Waals surface area contributed by atoms with Crippen molar-refractivity contribution < 1.29 is 4.42 Å². The van der Waals surface area contributed by atoms with Crippen molar-refractivity contribution in [1.29, 1.82) is 0 Å². The molecule has 0 saturated carbocycles. The Balaban J connectivity index is 1.02. The molecule has 7 aromatic rings. The molecule has 3 aliphatic rings. The van der Waals surface area contributed by atoms with Crippen LogP contribution < -0.4 is 10.2 Å². The Morgan fingerprint density at radius 3 is 1.90 bits per heavy atom. The maximum atomic E-state index is 6.50. The summed E-state index contributed by atoms with van der Waals surface area (Å²) < 4.78 is 6.50. The first-order valence-electron chi connectivity index (χ1n) is 17.1. The minimum atomic E-state index is -0.363. The highest BCUT2D eigenvalue weighted by Crippen LogP contribution is 2.53. The molecule has 0 fully saturated rings. The number of hydrogen-bond acceptors (Lipinski definition) is 5. The minimum absolute atomic E-state index is 0.165. The van der Waals surface area contributed by atoms with Gasteiger partial charge in [0.25, 0.3) is 0 Å². The maximum Gasteiger partial charge on any atom is 0.169 e. The van der Waals surface area contributed by atoms with Gasteiger partial charge in [-0.1, -0.05) is 133 Å². The molecule has 5 heteroatoms. The van der Waals surface area contributed by atoms with Gasteiger partial charge in [-0.3, -0.25) is 0 Å². The Labute approximate surface area is 290 Å². The third-order valence-corrected chi connectivity index (χ3v) is 10.1. The number of amidine groups is 2. The fourth-order valence-electron chi connectivity index (χ4n) is 7.76. The first-order valence-corrected chi connectivity index (χ1v) is 17.1. The van der Waals surface area contributed by atoms with Crippen molar-refractivity contribution in [3.63, 3.8) is 0 Å². The summed E-state index contributed by atoms with van der Waals surface area (Å²) in [6.45, 7) is 0. The van der Waals surface area contributed by atoms with Gasteiger partial charge in [0.1, 0.15) is 23.0 Å². The molecule has 50 heavy (non-hydrogen) atoms. The first-order chi connectivity index (χ1) is 24.8. The summed E-state index contributed by atoms with van der Waals surface area (Å²) in [6, 6.07) is 55.4. The van der Waals surface area contributed by atoms with Gasteiger partial charge in [0.2, 0.25) is 0 Å². The average Bonchev–Trinajstić information content (AvgIpc) is 3.74. The van der Waals surface area contributed by atoms with E-state index in [9.17, 15) is 0 Å². The lowest BCUT2D eigenvalue weighted by molar-refractivity contribution is 0.584. The molecule has 3 heterocycles. The summed E-state index contributed by atoms with van der Waals surface area (Å²) in [7, 11) is 0. The molecule has 2 unspecified atom stereocenters. The second-order valence-electron chi connectivity index (χ2n) is 13.0. The van der Waals surface area contributed by atoms with Gasteiger partial charge < -0.3 is 14.6 Å². The van der Waals surface area contributed by atoms with Crippen LogP contribution in [0.25, 0.3) is 28.2 Å². The third kappa shape index (κ3) is 4.70. The van der Waals surface area contributed by atoms with Gasteiger partial charge in [0.05, 0.1) is 6.04 Å². The van der Waals surface area contributed by atoms with Crippen LogP contribution in [0, 0.1) is 0 Å². The van der Waals surface area contributed by atoms with E-state index >= 15 is 0 Å². The van der Waals surface area contributed by atoms with Gasteiger partial charge in [-0.2, -0.15) is 0 Å². The molecule has 5 nitrogen and oxygen atoms in total. The van der Waals surface area contributed by atoms with E-state index in [4.69, 9.17) is 14.4 Å². The zero-order valence-corrected chi connectivity index (χ0v) is 27.1. The van der Waals surface area contributed by atoms with E-state index in [1.807, 2.05) is 36.4 Å². The quantitative estimate of drug-likeness (QED) is 0.203. The van der Waals surface area contributed by atoms with E-state index in [1.165, 1.54) is 27.9 Å². The van der Waals surface area contributed by atoms with Gasteiger partial charge in [-0.15, -0.1) is 0 Å². The lowest BCUT2D eigenvalue weighted by atomic mass is 9.82. The lowest BCUT2D eigenvalue weighted by Crippen LogP contribution is -2.35. The number of furan rings is 1. The summed E-state index contributed by atoms with van der Waals surface area (Å²) >= 11 is 0. The number of anilines is 2. The molecule has 0 spiro atoms. The second-order valence-corrected chi connectivity index (χ2v) is 13.0. The topological polar surface area (TPSA) is 53.1 Å². The number of fused-ring (bicyclic) bond motifs is 7. The monoisotopic (exact) mass is 644 g/mol. The number of aliphatic imine (C=N–C) groups is 2. The van der Waals surface area contributed by atoms with Crippen molar-refractivity contribution in [1.82, 2.24) is 5.32 Å². The highest BCUT2D eigenvalue weighted by Gasteiger charge is 2.43. The summed E-state index contributed by atoms with van der Waals surface area (Å²) in [6.07, 6.45) is 4.11. The fourth-order valence-corrected chi connectivity index (χ4v) is 7.76. The molecule has 0 amide bonds. The van der Waals surface area contributed by atoms with Gasteiger partial charge in [-0.05, 0) is 58.7 Å². The summed E-state index contributed by atoms with van der Waals surface area (Å²) in [5.41, 5.74) is 11.3. The standard InChI is InChI=1S/C45H32N4O/c1-4-12-30(13-5-1)43-46-44(31-14-6-2-7-15-31)48-45(47-43)32-22-20-29(21-23-32)33-24-26-39-36(28-33)42-40(50-39)27-25-38-41(42)35-18-10-11-19-37(35)49(38)34-16-8-3-9-17-34/h1-28,38,41,45H,(H,46,47,48). The molecule has 2 aliphatic heterocycles. The van der Waals surface area contributed by atoms with E-state index in [0.29, 0.717) is 0 Å². The molecular formula is C45H32N4O. The number of hydrogen-bond donors (Lipinski definition) is 1. The first kappa shape index (κ1) is 28.5. The van der Waals surface area contributed by atoms with Gasteiger partial charge in [-0.25, -0.2) is 9.98 Å². The van der Waals surface area contributed by atoms with Crippen LogP contribution in [0.5, 0.6) is 0 Å². The molecular weight excluding hydrogens is 613 g/mol. The van der Waals surface area contributed by atoms with Crippen LogP contribution in [0.4, 0.5) is 11.4 Å². The van der Waals surface area contributed by atoms with Crippen molar-refractivity contribution in [3.05, 3.63) is 197 Å². The Kier molecular flexibility index (Phi) is 6.62. The van der Waals surface area contributed by atoms with E-state index in [-0.39, 0.29) is 18.1 Å². The predicted molar refractivity (Wildman–Crippen MR) is 203 cm³/mol. The van der Waals surface area contributed by atoms with E-state index < -0.39 is 0 Å². The van der Waals surface area contributed by atoms with Crippen molar-refractivity contribution in [2.75, 3.05) is 4.90 Å². The van der Waals surface area contributed by atoms with Gasteiger partial charge in [0.15, 0.2) is 6.17 Å². The summed E-state index contributed by atoms with van der Waals surface area (Å²) in [4.78, 5) is 12.6. The van der Waals surface area contributed by atoms with E-state index in [1.54, 1.807) is 0 Å². The van der Waals surface area contributed by atoms with Crippen molar-refractivity contribution in [2.45, 2.75) is 18.1 Å². The SMILES string of the molecule is C1=CC2C(c3ccccc3N2c2ccccc2)c2c1oc1ccc(-c3ccc(C4N=C(c5ccccc5)NC(c5ccccc5)=N4)cc3)cc21. The van der Waals surface area contributed by atoms with Crippen LogP contribution in [-0.4, -0.2) is 17.7 Å². The van der Waals surface area contributed by atoms with Gasteiger partial charge >= 0.3 is 0 Å². The number of nitrogens with one attached hydrogen (secondary N) is 1. The van der Waals surface area contributed by atoms with E-state index in [2.05, 4.69) is 144 Å². The molecule has 0 bridgehead atoms. The minimum Gasteiger partial charge on any atom is -0.456 e. The smallest absolute Gasteiger partial charge is 0.169 e. The van der Waals surface area contributed by atoms with Crippen LogP contribution in [0.15, 0.2) is 178 Å². The lowest BCUT2D eigenvalue weighted by Gasteiger charge is -2.30. The zero-order valence-electron chi connectivity index (χ0n) is 27.1. The highest BCUT2D eigenvalue weighted by atomic mass is 16.3. The fraction of sp³-hybridized carbons (Fsp3) is 0.0667.